The van der Waals surface area contributed by atoms with Crippen molar-refractivity contribution in [1.82, 2.24) is 14.9 Å². The largest absolute Gasteiger partial charge is 0.296 e. The Balaban J connectivity index is 2.14. The molecule has 2 atom stereocenters. The summed E-state index contributed by atoms with van der Waals surface area (Å²) in [6, 6.07) is 0. The van der Waals surface area contributed by atoms with Crippen LogP contribution in [0.4, 0.5) is 4.39 Å². The smallest absolute Gasteiger partial charge is 0.222 e. The maximum absolute atomic E-state index is 13.5. The van der Waals surface area contributed by atoms with Gasteiger partial charge in [-0.3, -0.25) is 4.90 Å². The minimum Gasteiger partial charge on any atom is -0.296 e. The molecule has 0 N–H and O–H groups in total. The maximum atomic E-state index is 13.5. The molecule has 100 valence electrons. The molecule has 2 heterocycles. The standard InChI is InChI=1S/C13H19ClFN3/c1-8(2)12-10(4-16-13(14)17-12)6-18-5-9(3)11(15)7-18/h4,8-9,11H,5-7H2,1-3H3/t9-,11+/m1/s1. The van der Waals surface area contributed by atoms with Crippen molar-refractivity contribution in [3.8, 4) is 0 Å². The first-order chi connectivity index (χ1) is 8.47. The Hall–Kier alpha value is -0.740. The van der Waals surface area contributed by atoms with Gasteiger partial charge in [0.25, 0.3) is 0 Å². The first kappa shape index (κ1) is 13.7. The van der Waals surface area contributed by atoms with Crippen LogP contribution in [0.1, 0.15) is 37.9 Å². The lowest BCUT2D eigenvalue weighted by molar-refractivity contribution is 0.273. The normalized spacial score (nSPS) is 25.0. The summed E-state index contributed by atoms with van der Waals surface area (Å²) in [6.45, 7) is 8.10. The molecule has 0 aromatic carbocycles. The van der Waals surface area contributed by atoms with Gasteiger partial charge in [-0.2, -0.15) is 0 Å². The fraction of sp³-hybridized carbons (Fsp3) is 0.692. The lowest BCUT2D eigenvalue weighted by atomic mass is 10.1. The van der Waals surface area contributed by atoms with Gasteiger partial charge in [-0.25, -0.2) is 14.4 Å². The van der Waals surface area contributed by atoms with Gasteiger partial charge in [-0.15, -0.1) is 0 Å². The fourth-order valence-electron chi connectivity index (χ4n) is 2.41. The number of likely N-dealkylation sites (tertiary alicyclic amines) is 1. The molecular weight excluding hydrogens is 253 g/mol. The molecule has 1 aliphatic rings. The van der Waals surface area contributed by atoms with E-state index in [-0.39, 0.29) is 11.2 Å². The van der Waals surface area contributed by atoms with E-state index in [1.807, 2.05) is 6.92 Å². The van der Waals surface area contributed by atoms with E-state index >= 15 is 0 Å². The summed E-state index contributed by atoms with van der Waals surface area (Å²) < 4.78 is 13.5. The van der Waals surface area contributed by atoms with Crippen LogP contribution in [0.5, 0.6) is 0 Å². The predicted octanol–water partition coefficient (Wildman–Crippen LogP) is 3.04. The van der Waals surface area contributed by atoms with E-state index in [1.54, 1.807) is 6.20 Å². The van der Waals surface area contributed by atoms with Gasteiger partial charge in [0.05, 0.1) is 5.69 Å². The number of nitrogens with zero attached hydrogens (tertiary/aromatic N) is 3. The van der Waals surface area contributed by atoms with Gasteiger partial charge in [0.1, 0.15) is 6.17 Å². The molecule has 1 aliphatic heterocycles. The molecule has 18 heavy (non-hydrogen) atoms. The van der Waals surface area contributed by atoms with Crippen molar-refractivity contribution in [2.24, 2.45) is 5.92 Å². The van der Waals surface area contributed by atoms with Crippen LogP contribution in [0, 0.1) is 5.92 Å². The van der Waals surface area contributed by atoms with Crippen LogP contribution in [0.3, 0.4) is 0 Å². The van der Waals surface area contributed by atoms with Crippen LogP contribution in [-0.4, -0.2) is 34.1 Å². The molecule has 1 aromatic rings. The van der Waals surface area contributed by atoms with Gasteiger partial charge in [-0.1, -0.05) is 20.8 Å². The van der Waals surface area contributed by atoms with E-state index < -0.39 is 6.17 Å². The number of hydrogen-bond donors (Lipinski definition) is 0. The monoisotopic (exact) mass is 271 g/mol. The summed E-state index contributed by atoms with van der Waals surface area (Å²) in [7, 11) is 0. The van der Waals surface area contributed by atoms with Crippen LogP contribution in [-0.2, 0) is 6.54 Å². The summed E-state index contributed by atoms with van der Waals surface area (Å²) in [4.78, 5) is 10.4. The van der Waals surface area contributed by atoms with E-state index in [9.17, 15) is 4.39 Å². The van der Waals surface area contributed by atoms with Crippen molar-refractivity contribution >= 4 is 11.6 Å². The van der Waals surface area contributed by atoms with Gasteiger partial charge in [0.15, 0.2) is 0 Å². The molecule has 0 spiro atoms. The highest BCUT2D eigenvalue weighted by Crippen LogP contribution is 2.24. The highest BCUT2D eigenvalue weighted by molar-refractivity contribution is 6.28. The second-order valence-electron chi connectivity index (χ2n) is 5.39. The summed E-state index contributed by atoms with van der Waals surface area (Å²) in [6.07, 6.45) is 1.04. The first-order valence-electron chi connectivity index (χ1n) is 6.35. The SMILES string of the molecule is CC(C)c1nc(Cl)ncc1CN1C[C@@H](C)[C@@H](F)C1. The van der Waals surface area contributed by atoms with E-state index in [0.29, 0.717) is 19.0 Å². The molecule has 1 saturated heterocycles. The zero-order valence-corrected chi connectivity index (χ0v) is 11.8. The van der Waals surface area contributed by atoms with Crippen LogP contribution in [0.2, 0.25) is 5.28 Å². The highest BCUT2D eigenvalue weighted by Gasteiger charge is 2.29. The van der Waals surface area contributed by atoms with E-state index in [2.05, 4.69) is 28.7 Å². The number of aromatic nitrogens is 2. The molecule has 2 rings (SSSR count). The number of alkyl halides is 1. The van der Waals surface area contributed by atoms with Crippen LogP contribution >= 0.6 is 11.6 Å². The summed E-state index contributed by atoms with van der Waals surface area (Å²) >= 11 is 5.83. The Kier molecular flexibility index (Phi) is 4.17. The molecule has 5 heteroatoms. The summed E-state index contributed by atoms with van der Waals surface area (Å²) in [5.41, 5.74) is 2.01. The zero-order valence-electron chi connectivity index (χ0n) is 11.0. The van der Waals surface area contributed by atoms with Crippen molar-refractivity contribution < 1.29 is 4.39 Å². The quantitative estimate of drug-likeness (QED) is 0.792. The summed E-state index contributed by atoms with van der Waals surface area (Å²) in [5.74, 6) is 0.405. The third-order valence-electron chi connectivity index (χ3n) is 3.41. The molecule has 1 aromatic heterocycles. The summed E-state index contributed by atoms with van der Waals surface area (Å²) in [5, 5.41) is 0.278. The van der Waals surface area contributed by atoms with Crippen LogP contribution in [0.15, 0.2) is 6.20 Å². The third kappa shape index (κ3) is 2.98. The lowest BCUT2D eigenvalue weighted by Crippen LogP contribution is -2.22. The number of hydrogen-bond acceptors (Lipinski definition) is 3. The second-order valence-corrected chi connectivity index (χ2v) is 5.73. The van der Waals surface area contributed by atoms with Gasteiger partial charge in [0, 0.05) is 37.3 Å². The molecule has 1 fully saturated rings. The number of rotatable bonds is 3. The van der Waals surface area contributed by atoms with E-state index in [1.165, 1.54) is 0 Å². The molecule has 0 aliphatic carbocycles. The van der Waals surface area contributed by atoms with Gasteiger partial charge in [-0.05, 0) is 17.5 Å². The molecule has 0 amide bonds. The maximum Gasteiger partial charge on any atom is 0.222 e. The Bertz CT molecular complexity index is 415. The molecule has 0 unspecified atom stereocenters. The van der Waals surface area contributed by atoms with Crippen LogP contribution < -0.4 is 0 Å². The minimum absolute atomic E-state index is 0.112. The topological polar surface area (TPSA) is 29.0 Å². The molecular formula is C13H19ClFN3. The van der Waals surface area contributed by atoms with E-state index in [4.69, 9.17) is 11.6 Å². The van der Waals surface area contributed by atoms with Crippen molar-refractivity contribution in [2.45, 2.75) is 39.4 Å². The minimum atomic E-state index is -0.722. The molecule has 0 saturated carbocycles. The molecule has 3 nitrogen and oxygen atoms in total. The first-order valence-corrected chi connectivity index (χ1v) is 6.73. The Labute approximate surface area is 112 Å². The van der Waals surface area contributed by atoms with Crippen molar-refractivity contribution in [2.75, 3.05) is 13.1 Å². The van der Waals surface area contributed by atoms with Crippen molar-refractivity contribution in [3.63, 3.8) is 0 Å². The zero-order chi connectivity index (χ0) is 13.3. The van der Waals surface area contributed by atoms with Gasteiger partial charge in [0.2, 0.25) is 5.28 Å². The van der Waals surface area contributed by atoms with Gasteiger partial charge >= 0.3 is 0 Å². The van der Waals surface area contributed by atoms with E-state index in [0.717, 1.165) is 17.8 Å². The lowest BCUT2D eigenvalue weighted by Gasteiger charge is -2.18. The second kappa shape index (κ2) is 5.49. The van der Waals surface area contributed by atoms with Crippen molar-refractivity contribution in [1.29, 1.82) is 0 Å². The third-order valence-corrected chi connectivity index (χ3v) is 3.59. The Morgan fingerprint density at radius 2 is 2.22 bits per heavy atom. The average Bonchev–Trinajstić information content (AvgIpc) is 2.60. The van der Waals surface area contributed by atoms with Crippen molar-refractivity contribution in [3.05, 3.63) is 22.7 Å². The molecule has 0 radical (unpaired) electrons. The fourth-order valence-corrected chi connectivity index (χ4v) is 2.55. The van der Waals surface area contributed by atoms with Gasteiger partial charge < -0.3 is 0 Å². The highest BCUT2D eigenvalue weighted by atomic mass is 35.5. The Morgan fingerprint density at radius 1 is 1.50 bits per heavy atom. The predicted molar refractivity (Wildman–Crippen MR) is 70.5 cm³/mol. The number of halogens is 2. The van der Waals surface area contributed by atoms with Crippen LogP contribution in [0.25, 0.3) is 0 Å². The molecule has 0 bridgehead atoms. The average molecular weight is 272 g/mol. The Morgan fingerprint density at radius 3 is 2.78 bits per heavy atom.